The minimum atomic E-state index is -0.845. The maximum atomic E-state index is 13.2. The fraction of sp³-hybridized carbons (Fsp3) is 0.208. The summed E-state index contributed by atoms with van der Waals surface area (Å²) in [4.78, 5) is 58.6. The summed E-state index contributed by atoms with van der Waals surface area (Å²) in [6.07, 6.45) is 2.12. The number of carbonyl (C=O) groups is 2. The first-order valence-corrected chi connectivity index (χ1v) is 11.4. The number of pyridine rings is 2. The number of hydrogen-bond acceptors (Lipinski definition) is 7. The second-order valence-corrected chi connectivity index (χ2v) is 8.08. The van der Waals surface area contributed by atoms with Crippen molar-refractivity contribution in [2.45, 2.75) is 26.8 Å². The maximum Gasteiger partial charge on any atom is 0.341 e. The molecule has 0 aliphatic heterocycles. The van der Waals surface area contributed by atoms with Crippen LogP contribution in [0.5, 0.6) is 0 Å². The molecule has 36 heavy (non-hydrogen) atoms. The van der Waals surface area contributed by atoms with Gasteiger partial charge in [0, 0.05) is 24.4 Å². The van der Waals surface area contributed by atoms with E-state index >= 15 is 0 Å². The van der Waals surface area contributed by atoms with Crippen molar-refractivity contribution in [1.82, 2.24) is 14.0 Å². The van der Waals surface area contributed by atoms with Gasteiger partial charge in [-0.2, -0.15) is 4.99 Å². The number of aromatic nitrogens is 3. The zero-order chi connectivity index (χ0) is 26.0. The topological polar surface area (TPSA) is 138 Å². The number of nitro groups is 1. The summed E-state index contributed by atoms with van der Waals surface area (Å²) >= 11 is 5.86. The van der Waals surface area contributed by atoms with Gasteiger partial charge in [0.2, 0.25) is 0 Å². The van der Waals surface area contributed by atoms with E-state index in [2.05, 4.69) is 9.98 Å². The lowest BCUT2D eigenvalue weighted by Crippen LogP contribution is -2.32. The first kappa shape index (κ1) is 24.7. The molecule has 0 saturated carbocycles. The van der Waals surface area contributed by atoms with Crippen molar-refractivity contribution < 1.29 is 19.2 Å². The van der Waals surface area contributed by atoms with E-state index < -0.39 is 28.0 Å². The summed E-state index contributed by atoms with van der Waals surface area (Å²) in [5.41, 5.74) is -0.539. The van der Waals surface area contributed by atoms with Crippen molar-refractivity contribution >= 4 is 45.8 Å². The Balaban J connectivity index is 2.08. The van der Waals surface area contributed by atoms with Crippen molar-refractivity contribution in [3.05, 3.63) is 90.8 Å². The van der Waals surface area contributed by atoms with Gasteiger partial charge in [-0.3, -0.25) is 24.1 Å². The average molecular weight is 510 g/mol. The van der Waals surface area contributed by atoms with Crippen LogP contribution in [0.15, 0.2) is 58.4 Å². The molecule has 3 heterocycles. The third-order valence-corrected chi connectivity index (χ3v) is 5.65. The van der Waals surface area contributed by atoms with E-state index in [0.717, 1.165) is 6.07 Å². The highest BCUT2D eigenvalue weighted by Gasteiger charge is 2.21. The number of halogens is 1. The maximum absolute atomic E-state index is 13.2. The van der Waals surface area contributed by atoms with Crippen molar-refractivity contribution in [3.63, 3.8) is 0 Å². The molecule has 0 fully saturated rings. The largest absolute Gasteiger partial charge is 0.462 e. The van der Waals surface area contributed by atoms with Gasteiger partial charge in [-0.05, 0) is 43.7 Å². The summed E-state index contributed by atoms with van der Waals surface area (Å²) in [7, 11) is 0. The molecule has 0 atom stereocenters. The zero-order valence-corrected chi connectivity index (χ0v) is 20.1. The van der Waals surface area contributed by atoms with E-state index in [4.69, 9.17) is 16.3 Å². The molecule has 12 heteroatoms. The lowest BCUT2D eigenvalue weighted by atomic mass is 10.1. The lowest BCUT2D eigenvalue weighted by Gasteiger charge is -2.14. The molecular formula is C24H20ClN5O6. The quantitative estimate of drug-likeness (QED) is 0.168. The number of carbonyl (C=O) groups excluding carboxylic acids is 2. The molecule has 0 saturated heterocycles. The van der Waals surface area contributed by atoms with Gasteiger partial charge in [-0.25, -0.2) is 9.78 Å². The zero-order valence-electron chi connectivity index (χ0n) is 19.3. The number of aryl methyl sites for hydroxylation is 1. The SMILES string of the molecule is CCCn1c(=NC(=O)c2ccc(Cl)c([N+](=O)[O-])c2)c(C(=O)OCC)cc2c(=O)n3ccccc3nc21. The molecule has 0 spiro atoms. The average Bonchev–Trinajstić information content (AvgIpc) is 2.85. The highest BCUT2D eigenvalue weighted by Crippen LogP contribution is 2.25. The first-order valence-electron chi connectivity index (χ1n) is 11.0. The van der Waals surface area contributed by atoms with Gasteiger partial charge < -0.3 is 9.30 Å². The molecule has 0 N–H and O–H groups in total. The fourth-order valence-corrected chi connectivity index (χ4v) is 3.93. The lowest BCUT2D eigenvalue weighted by molar-refractivity contribution is -0.384. The van der Waals surface area contributed by atoms with E-state index in [-0.39, 0.29) is 45.8 Å². The first-order chi connectivity index (χ1) is 17.3. The van der Waals surface area contributed by atoms with Gasteiger partial charge >= 0.3 is 5.97 Å². The van der Waals surface area contributed by atoms with Gasteiger partial charge in [0.1, 0.15) is 21.9 Å². The highest BCUT2D eigenvalue weighted by molar-refractivity contribution is 6.32. The van der Waals surface area contributed by atoms with Crippen LogP contribution in [0.1, 0.15) is 41.0 Å². The summed E-state index contributed by atoms with van der Waals surface area (Å²) in [5.74, 6) is -1.63. The van der Waals surface area contributed by atoms with Crippen molar-refractivity contribution in [2.24, 2.45) is 4.99 Å². The van der Waals surface area contributed by atoms with Crippen molar-refractivity contribution in [3.8, 4) is 0 Å². The second-order valence-electron chi connectivity index (χ2n) is 7.68. The summed E-state index contributed by atoms with van der Waals surface area (Å²) in [5, 5.41) is 11.3. The molecule has 0 radical (unpaired) electrons. The van der Waals surface area contributed by atoms with E-state index in [0.29, 0.717) is 12.1 Å². The molecule has 0 unspecified atom stereocenters. The van der Waals surface area contributed by atoms with E-state index in [1.165, 1.54) is 27.2 Å². The number of amides is 1. The third kappa shape index (κ3) is 4.48. The molecule has 3 aromatic heterocycles. The Bertz CT molecular complexity index is 1670. The number of rotatable bonds is 6. The Labute approximate surface area is 208 Å². The van der Waals surface area contributed by atoms with Crippen LogP contribution in [-0.2, 0) is 11.3 Å². The van der Waals surface area contributed by atoms with E-state index in [1.807, 2.05) is 6.92 Å². The van der Waals surface area contributed by atoms with Gasteiger partial charge in [-0.1, -0.05) is 24.6 Å². The van der Waals surface area contributed by atoms with E-state index in [1.54, 1.807) is 31.3 Å². The predicted molar refractivity (Wildman–Crippen MR) is 131 cm³/mol. The molecule has 0 bridgehead atoms. The minimum absolute atomic E-state index is 0.0520. The van der Waals surface area contributed by atoms with E-state index in [9.17, 15) is 24.5 Å². The summed E-state index contributed by atoms with van der Waals surface area (Å²) in [6, 6.07) is 9.92. The molecule has 4 aromatic rings. The Kier molecular flexibility index (Phi) is 6.93. The molecule has 1 aromatic carbocycles. The van der Waals surface area contributed by atoms with Crippen LogP contribution in [-0.4, -0.2) is 37.4 Å². The molecular weight excluding hydrogens is 490 g/mol. The molecule has 0 aliphatic carbocycles. The summed E-state index contributed by atoms with van der Waals surface area (Å²) < 4.78 is 8.03. The van der Waals surface area contributed by atoms with Crippen molar-refractivity contribution in [2.75, 3.05) is 6.61 Å². The van der Waals surface area contributed by atoms with Crippen LogP contribution in [0.4, 0.5) is 5.69 Å². The molecule has 4 rings (SSSR count). The smallest absolute Gasteiger partial charge is 0.341 e. The van der Waals surface area contributed by atoms with Gasteiger partial charge in [-0.15, -0.1) is 0 Å². The van der Waals surface area contributed by atoms with Crippen LogP contribution in [0.3, 0.4) is 0 Å². The number of ether oxygens (including phenoxy) is 1. The second kappa shape index (κ2) is 10.1. The number of benzene rings is 1. The highest BCUT2D eigenvalue weighted by atomic mass is 35.5. The Morgan fingerprint density at radius 3 is 2.67 bits per heavy atom. The third-order valence-electron chi connectivity index (χ3n) is 5.33. The van der Waals surface area contributed by atoms with Gasteiger partial charge in [0.15, 0.2) is 5.49 Å². The molecule has 0 aliphatic rings. The van der Waals surface area contributed by atoms with Crippen LogP contribution < -0.4 is 11.0 Å². The minimum Gasteiger partial charge on any atom is -0.462 e. The van der Waals surface area contributed by atoms with Crippen molar-refractivity contribution in [1.29, 1.82) is 0 Å². The molecule has 184 valence electrons. The fourth-order valence-electron chi connectivity index (χ4n) is 3.74. The number of hydrogen-bond donors (Lipinski definition) is 0. The summed E-state index contributed by atoms with van der Waals surface area (Å²) in [6.45, 7) is 3.82. The number of fused-ring (bicyclic) bond motifs is 2. The normalized spacial score (nSPS) is 11.7. The number of nitro benzene ring substituents is 1. The number of esters is 1. The Hall–Kier alpha value is -4.38. The molecule has 11 nitrogen and oxygen atoms in total. The Morgan fingerprint density at radius 1 is 1.19 bits per heavy atom. The molecule has 1 amide bonds. The standard InChI is InChI=1S/C24H20ClN5O6/c1-3-10-29-20-15(23(32)28-11-6-5-7-19(28)26-20)13-16(24(33)36-4-2)21(29)27-22(31)14-8-9-17(25)18(12-14)30(34)35/h5-9,11-13H,3-4,10H2,1-2H3. The van der Waals surface area contributed by atoms with Crippen LogP contribution in [0.2, 0.25) is 5.02 Å². The van der Waals surface area contributed by atoms with Crippen LogP contribution >= 0.6 is 11.6 Å². The van der Waals surface area contributed by atoms with Crippen LogP contribution in [0, 0.1) is 10.1 Å². The predicted octanol–water partition coefficient (Wildman–Crippen LogP) is 3.54. The Morgan fingerprint density at radius 2 is 1.97 bits per heavy atom. The number of nitrogens with zero attached hydrogens (tertiary/aromatic N) is 5. The van der Waals surface area contributed by atoms with Gasteiger partial charge in [0.05, 0.1) is 16.9 Å². The monoisotopic (exact) mass is 509 g/mol. The van der Waals surface area contributed by atoms with Crippen LogP contribution in [0.25, 0.3) is 16.7 Å². The van der Waals surface area contributed by atoms with Gasteiger partial charge in [0.25, 0.3) is 17.2 Å².